The molecule has 2 aromatic rings. The molecule has 1 heterocycles. The van der Waals surface area contributed by atoms with Crippen LogP contribution < -0.4 is 5.32 Å². The number of nitrogens with one attached hydrogen (secondary N) is 1. The van der Waals surface area contributed by atoms with Gasteiger partial charge in [-0.05, 0) is 19.0 Å². The minimum atomic E-state index is 0.168. The Morgan fingerprint density at radius 1 is 1.39 bits per heavy atom. The minimum Gasteiger partial charge on any atom is -0.506 e. The lowest BCUT2D eigenvalue weighted by atomic mass is 10.2. The summed E-state index contributed by atoms with van der Waals surface area (Å²) in [5.41, 5.74) is 0.824. The molecule has 0 radical (unpaired) electrons. The lowest BCUT2D eigenvalue weighted by Crippen LogP contribution is -2.16. The number of nitrogens with zero attached hydrogens (tertiary/aromatic N) is 2. The van der Waals surface area contributed by atoms with Gasteiger partial charge in [-0.2, -0.15) is 0 Å². The van der Waals surface area contributed by atoms with E-state index < -0.39 is 0 Å². The van der Waals surface area contributed by atoms with Gasteiger partial charge >= 0.3 is 0 Å². The summed E-state index contributed by atoms with van der Waals surface area (Å²) in [6.45, 7) is 2.44. The zero-order valence-corrected chi connectivity index (χ0v) is 10.8. The SMILES string of the molecule is Oc1c(Cl)cccc1CNCCCn1ccnc1. The molecule has 0 saturated heterocycles. The van der Waals surface area contributed by atoms with Crippen LogP contribution in [0.5, 0.6) is 5.75 Å². The van der Waals surface area contributed by atoms with E-state index in [4.69, 9.17) is 11.6 Å². The Hall–Kier alpha value is -1.52. The van der Waals surface area contributed by atoms with Crippen molar-refractivity contribution >= 4 is 11.6 Å². The maximum absolute atomic E-state index is 9.72. The third-order valence-corrected chi connectivity index (χ3v) is 3.02. The highest BCUT2D eigenvalue weighted by Crippen LogP contribution is 2.26. The van der Waals surface area contributed by atoms with E-state index in [2.05, 4.69) is 10.3 Å². The molecular weight excluding hydrogens is 250 g/mol. The van der Waals surface area contributed by atoms with Gasteiger partial charge in [0.05, 0.1) is 11.3 Å². The van der Waals surface area contributed by atoms with Crippen LogP contribution in [0.4, 0.5) is 0 Å². The van der Waals surface area contributed by atoms with Crippen LogP contribution in [0.2, 0.25) is 5.02 Å². The molecule has 2 rings (SSSR count). The van der Waals surface area contributed by atoms with Crippen LogP contribution in [-0.2, 0) is 13.1 Å². The van der Waals surface area contributed by atoms with E-state index in [0.29, 0.717) is 11.6 Å². The van der Waals surface area contributed by atoms with E-state index in [1.54, 1.807) is 12.3 Å². The molecule has 18 heavy (non-hydrogen) atoms. The normalized spacial score (nSPS) is 10.7. The highest BCUT2D eigenvalue weighted by molar-refractivity contribution is 6.32. The summed E-state index contributed by atoms with van der Waals surface area (Å²) >= 11 is 5.83. The molecule has 5 heteroatoms. The predicted molar refractivity (Wildman–Crippen MR) is 71.7 cm³/mol. The summed E-state index contributed by atoms with van der Waals surface area (Å²) < 4.78 is 2.04. The Kier molecular flexibility index (Phi) is 4.61. The van der Waals surface area contributed by atoms with Crippen molar-refractivity contribution in [2.45, 2.75) is 19.5 Å². The number of para-hydroxylation sites is 1. The molecule has 1 aromatic carbocycles. The molecule has 2 N–H and O–H groups in total. The van der Waals surface area contributed by atoms with Crippen molar-refractivity contribution in [3.8, 4) is 5.75 Å². The van der Waals surface area contributed by atoms with E-state index in [9.17, 15) is 5.11 Å². The van der Waals surface area contributed by atoms with Gasteiger partial charge in [-0.25, -0.2) is 4.98 Å². The monoisotopic (exact) mass is 265 g/mol. The van der Waals surface area contributed by atoms with Gasteiger partial charge in [-0.3, -0.25) is 0 Å². The second-order valence-electron chi connectivity index (χ2n) is 4.08. The fourth-order valence-electron chi connectivity index (χ4n) is 1.73. The number of imidazole rings is 1. The summed E-state index contributed by atoms with van der Waals surface area (Å²) in [4.78, 5) is 3.98. The zero-order valence-electron chi connectivity index (χ0n) is 10.0. The number of phenols is 1. The molecular formula is C13H16ClN3O. The van der Waals surface area contributed by atoms with Gasteiger partial charge in [-0.15, -0.1) is 0 Å². The molecule has 0 saturated carbocycles. The van der Waals surface area contributed by atoms with E-state index in [1.807, 2.05) is 29.2 Å². The highest BCUT2D eigenvalue weighted by Gasteiger charge is 2.03. The van der Waals surface area contributed by atoms with Crippen molar-refractivity contribution in [3.63, 3.8) is 0 Å². The first-order valence-corrected chi connectivity index (χ1v) is 6.28. The van der Waals surface area contributed by atoms with Crippen LogP contribution in [-0.4, -0.2) is 21.2 Å². The van der Waals surface area contributed by atoms with Crippen LogP contribution in [0.3, 0.4) is 0 Å². The highest BCUT2D eigenvalue weighted by atomic mass is 35.5. The molecule has 4 nitrogen and oxygen atoms in total. The van der Waals surface area contributed by atoms with Gasteiger partial charge in [0, 0.05) is 31.0 Å². The van der Waals surface area contributed by atoms with Gasteiger partial charge in [0.25, 0.3) is 0 Å². The first-order valence-electron chi connectivity index (χ1n) is 5.90. The molecule has 0 fully saturated rings. The van der Waals surface area contributed by atoms with E-state index >= 15 is 0 Å². The van der Waals surface area contributed by atoms with E-state index in [1.165, 1.54) is 0 Å². The van der Waals surface area contributed by atoms with Gasteiger partial charge in [-0.1, -0.05) is 23.7 Å². The Labute approximate surface area is 111 Å². The van der Waals surface area contributed by atoms with E-state index in [0.717, 1.165) is 25.1 Å². The first-order chi connectivity index (χ1) is 8.77. The lowest BCUT2D eigenvalue weighted by molar-refractivity contribution is 0.463. The van der Waals surface area contributed by atoms with Gasteiger partial charge in [0.15, 0.2) is 0 Å². The van der Waals surface area contributed by atoms with Crippen LogP contribution in [0.1, 0.15) is 12.0 Å². The summed E-state index contributed by atoms with van der Waals surface area (Å²) in [5, 5.41) is 13.4. The third kappa shape index (κ3) is 3.48. The van der Waals surface area contributed by atoms with Crippen molar-refractivity contribution in [1.82, 2.24) is 14.9 Å². The Bertz CT molecular complexity index is 485. The van der Waals surface area contributed by atoms with Crippen LogP contribution in [0.15, 0.2) is 36.9 Å². The molecule has 0 unspecified atom stereocenters. The van der Waals surface area contributed by atoms with Crippen LogP contribution in [0.25, 0.3) is 0 Å². The molecule has 0 aliphatic rings. The standard InChI is InChI=1S/C13H16ClN3O/c14-12-4-1-3-11(13(12)18)9-15-5-2-7-17-8-6-16-10-17/h1,3-4,6,8,10,15,18H,2,5,7,9H2. The molecule has 0 aliphatic carbocycles. The Morgan fingerprint density at radius 2 is 2.28 bits per heavy atom. The fraction of sp³-hybridized carbons (Fsp3) is 0.308. The molecule has 0 bridgehead atoms. The van der Waals surface area contributed by atoms with Gasteiger partial charge in [0.1, 0.15) is 5.75 Å². The van der Waals surface area contributed by atoms with Crippen molar-refractivity contribution in [3.05, 3.63) is 47.5 Å². The lowest BCUT2D eigenvalue weighted by Gasteiger charge is -2.08. The maximum atomic E-state index is 9.72. The van der Waals surface area contributed by atoms with Gasteiger partial charge < -0.3 is 15.0 Å². The third-order valence-electron chi connectivity index (χ3n) is 2.71. The number of halogens is 1. The molecule has 0 aliphatic heterocycles. The Morgan fingerprint density at radius 3 is 3.06 bits per heavy atom. The average Bonchev–Trinajstić information content (AvgIpc) is 2.87. The fourth-order valence-corrected chi connectivity index (χ4v) is 1.93. The number of aromatic hydroxyl groups is 1. The topological polar surface area (TPSA) is 50.1 Å². The minimum absolute atomic E-state index is 0.168. The number of benzene rings is 1. The van der Waals surface area contributed by atoms with Crippen LogP contribution in [0, 0.1) is 0 Å². The number of aromatic nitrogens is 2. The smallest absolute Gasteiger partial charge is 0.138 e. The van der Waals surface area contributed by atoms with Crippen molar-refractivity contribution in [2.24, 2.45) is 0 Å². The number of phenolic OH excluding ortho intramolecular Hbond substituents is 1. The first kappa shape index (κ1) is 12.9. The number of hydrogen-bond donors (Lipinski definition) is 2. The molecule has 1 aromatic heterocycles. The summed E-state index contributed by atoms with van der Waals surface area (Å²) in [5.74, 6) is 0.168. The quantitative estimate of drug-likeness (QED) is 0.789. The number of hydrogen-bond acceptors (Lipinski definition) is 3. The molecule has 96 valence electrons. The molecule has 0 atom stereocenters. The largest absolute Gasteiger partial charge is 0.506 e. The van der Waals surface area contributed by atoms with E-state index in [-0.39, 0.29) is 5.75 Å². The Balaban J connectivity index is 1.70. The number of rotatable bonds is 6. The zero-order chi connectivity index (χ0) is 12.8. The molecule has 0 spiro atoms. The van der Waals surface area contributed by atoms with Crippen LogP contribution >= 0.6 is 11.6 Å². The predicted octanol–water partition coefficient (Wildman–Crippen LogP) is 2.42. The van der Waals surface area contributed by atoms with Gasteiger partial charge in [0.2, 0.25) is 0 Å². The maximum Gasteiger partial charge on any atom is 0.138 e. The second kappa shape index (κ2) is 6.42. The summed E-state index contributed by atoms with van der Waals surface area (Å²) in [6, 6.07) is 5.38. The second-order valence-corrected chi connectivity index (χ2v) is 4.49. The number of aryl methyl sites for hydroxylation is 1. The summed E-state index contributed by atoms with van der Waals surface area (Å²) in [6.07, 6.45) is 6.54. The van der Waals surface area contributed by atoms with Crippen molar-refractivity contribution < 1.29 is 5.11 Å². The average molecular weight is 266 g/mol. The summed E-state index contributed by atoms with van der Waals surface area (Å²) in [7, 11) is 0. The van der Waals surface area contributed by atoms with Crippen molar-refractivity contribution in [1.29, 1.82) is 0 Å². The van der Waals surface area contributed by atoms with Crippen molar-refractivity contribution in [2.75, 3.05) is 6.54 Å². The molecule has 0 amide bonds.